The zero-order valence-corrected chi connectivity index (χ0v) is 16.2. The van der Waals surface area contributed by atoms with Crippen LogP contribution in [0.2, 0.25) is 0 Å². The van der Waals surface area contributed by atoms with Crippen LogP contribution in [-0.2, 0) is 23.1 Å². The van der Waals surface area contributed by atoms with Crippen molar-refractivity contribution in [2.75, 3.05) is 6.54 Å². The molecule has 0 aliphatic rings. The molecule has 1 amide bonds. The lowest BCUT2D eigenvalue weighted by atomic mass is 9.86. The molecule has 0 aromatic heterocycles. The number of carbonyl (C=O) groups excluding carboxylic acids is 1. The Morgan fingerprint density at radius 2 is 1.56 bits per heavy atom. The Balaban J connectivity index is 1.84. The summed E-state index contributed by atoms with van der Waals surface area (Å²) in [4.78, 5) is 23.0. The van der Waals surface area contributed by atoms with Crippen molar-refractivity contribution in [3.63, 3.8) is 0 Å². The van der Waals surface area contributed by atoms with E-state index in [1.807, 2.05) is 0 Å². The van der Waals surface area contributed by atoms with Crippen LogP contribution in [0, 0.1) is 0 Å². The summed E-state index contributed by atoms with van der Waals surface area (Å²) in [7, 11) is 0. The van der Waals surface area contributed by atoms with Crippen LogP contribution in [0.15, 0.2) is 48.5 Å². The summed E-state index contributed by atoms with van der Waals surface area (Å²) in [6.45, 7) is 7.11. The molecule has 2 aromatic rings. The highest BCUT2D eigenvalue weighted by atomic mass is 16.4. The van der Waals surface area contributed by atoms with E-state index >= 15 is 0 Å². The minimum Gasteiger partial charge on any atom is -0.480 e. The van der Waals surface area contributed by atoms with Gasteiger partial charge in [-0.25, -0.2) is 0 Å². The van der Waals surface area contributed by atoms with Gasteiger partial charge < -0.3 is 16.2 Å². The van der Waals surface area contributed by atoms with Crippen LogP contribution in [-0.4, -0.2) is 29.6 Å². The van der Waals surface area contributed by atoms with Gasteiger partial charge >= 0.3 is 5.97 Å². The van der Waals surface area contributed by atoms with Crippen molar-refractivity contribution >= 4 is 11.9 Å². The number of rotatable bonds is 7. The fourth-order valence-electron chi connectivity index (χ4n) is 2.73. The van der Waals surface area contributed by atoms with Crippen LogP contribution >= 0.6 is 0 Å². The van der Waals surface area contributed by atoms with Gasteiger partial charge in [-0.3, -0.25) is 9.59 Å². The van der Waals surface area contributed by atoms with E-state index in [4.69, 9.17) is 10.8 Å². The summed E-state index contributed by atoms with van der Waals surface area (Å²) in [5.74, 6) is -1.18. The zero-order chi connectivity index (χ0) is 20.0. The van der Waals surface area contributed by atoms with Gasteiger partial charge in [0, 0.05) is 12.1 Å². The molecule has 0 heterocycles. The average Bonchev–Trinajstić information content (AvgIpc) is 2.61. The van der Waals surface area contributed by atoms with Crippen LogP contribution in [0.25, 0.3) is 0 Å². The molecule has 1 atom stereocenters. The van der Waals surface area contributed by atoms with Crippen LogP contribution in [0.5, 0.6) is 0 Å². The maximum Gasteiger partial charge on any atom is 0.320 e. The number of carbonyl (C=O) groups is 2. The van der Waals surface area contributed by atoms with Crippen molar-refractivity contribution in [3.05, 3.63) is 70.8 Å². The van der Waals surface area contributed by atoms with Gasteiger partial charge in [0.1, 0.15) is 6.04 Å². The van der Waals surface area contributed by atoms with E-state index in [1.165, 1.54) is 11.1 Å². The quantitative estimate of drug-likeness (QED) is 0.701. The van der Waals surface area contributed by atoms with E-state index in [0.717, 1.165) is 12.0 Å². The molecule has 0 aliphatic carbocycles. The van der Waals surface area contributed by atoms with E-state index in [1.54, 1.807) is 24.3 Å². The van der Waals surface area contributed by atoms with Crippen molar-refractivity contribution in [1.82, 2.24) is 5.32 Å². The zero-order valence-electron chi connectivity index (χ0n) is 16.2. The maximum absolute atomic E-state index is 12.2. The van der Waals surface area contributed by atoms with Gasteiger partial charge in [0.15, 0.2) is 0 Å². The number of aliphatic carboxylic acids is 1. The number of hydrogen-bond donors (Lipinski definition) is 3. The molecule has 27 heavy (non-hydrogen) atoms. The van der Waals surface area contributed by atoms with E-state index in [9.17, 15) is 9.59 Å². The van der Waals surface area contributed by atoms with Gasteiger partial charge in [0.05, 0.1) is 0 Å². The predicted molar refractivity (Wildman–Crippen MR) is 107 cm³/mol. The van der Waals surface area contributed by atoms with Crippen molar-refractivity contribution in [2.45, 2.75) is 45.1 Å². The van der Waals surface area contributed by atoms with E-state index in [-0.39, 0.29) is 17.7 Å². The van der Waals surface area contributed by atoms with Gasteiger partial charge in [0.25, 0.3) is 5.91 Å². The number of benzene rings is 2. The molecule has 2 aromatic carbocycles. The Labute approximate surface area is 160 Å². The van der Waals surface area contributed by atoms with Crippen LogP contribution in [0.3, 0.4) is 0 Å². The molecule has 0 saturated heterocycles. The minimum absolute atomic E-state index is 0.132. The summed E-state index contributed by atoms with van der Waals surface area (Å²) in [6, 6.07) is 14.4. The van der Waals surface area contributed by atoms with Gasteiger partial charge in [-0.1, -0.05) is 57.2 Å². The first-order valence-electron chi connectivity index (χ1n) is 9.12. The smallest absolute Gasteiger partial charge is 0.320 e. The molecule has 0 unspecified atom stereocenters. The van der Waals surface area contributed by atoms with Crippen molar-refractivity contribution in [3.8, 4) is 0 Å². The normalized spacial score (nSPS) is 12.4. The standard InChI is InChI=1S/C22H28N2O3/c1-22(2,3)18-10-6-15(7-11-18)12-13-24-20(25)17-8-4-16(5-9-17)14-19(23)21(26)27/h4-11,19H,12-14,23H2,1-3H3,(H,24,25)(H,26,27)/t19-/m0/s1. The Morgan fingerprint density at radius 3 is 2.07 bits per heavy atom. The lowest BCUT2D eigenvalue weighted by molar-refractivity contribution is -0.138. The third-order valence-electron chi connectivity index (χ3n) is 4.51. The SMILES string of the molecule is CC(C)(C)c1ccc(CCNC(=O)c2ccc(C[C@H](N)C(=O)O)cc2)cc1. The summed E-state index contributed by atoms with van der Waals surface area (Å²) in [6.07, 6.45) is 1.00. The Bertz CT molecular complexity index is 775. The third kappa shape index (κ3) is 6.22. The first-order chi connectivity index (χ1) is 12.7. The molecule has 4 N–H and O–H groups in total. The number of carboxylic acids is 1. The van der Waals surface area contributed by atoms with Crippen LogP contribution < -0.4 is 11.1 Å². The second-order valence-corrected chi connectivity index (χ2v) is 7.80. The second-order valence-electron chi connectivity index (χ2n) is 7.80. The summed E-state index contributed by atoms with van der Waals surface area (Å²) in [5.41, 5.74) is 9.46. The molecular formula is C22H28N2O3. The topological polar surface area (TPSA) is 92.4 Å². The number of nitrogens with one attached hydrogen (secondary N) is 1. The third-order valence-corrected chi connectivity index (χ3v) is 4.51. The lowest BCUT2D eigenvalue weighted by Crippen LogP contribution is -2.32. The average molecular weight is 368 g/mol. The highest BCUT2D eigenvalue weighted by Gasteiger charge is 2.14. The minimum atomic E-state index is -1.03. The van der Waals surface area contributed by atoms with Crippen molar-refractivity contribution < 1.29 is 14.7 Å². The molecule has 2 rings (SSSR count). The summed E-state index contributed by atoms with van der Waals surface area (Å²) in [5, 5.41) is 11.8. The Hall–Kier alpha value is -2.66. The van der Waals surface area contributed by atoms with Crippen LogP contribution in [0.1, 0.15) is 47.8 Å². The summed E-state index contributed by atoms with van der Waals surface area (Å²) < 4.78 is 0. The molecular weight excluding hydrogens is 340 g/mol. The Morgan fingerprint density at radius 1 is 1.00 bits per heavy atom. The summed E-state index contributed by atoms with van der Waals surface area (Å²) >= 11 is 0. The molecule has 0 radical (unpaired) electrons. The highest BCUT2D eigenvalue weighted by Crippen LogP contribution is 2.22. The molecule has 5 heteroatoms. The molecule has 0 aliphatic heterocycles. The fourth-order valence-corrected chi connectivity index (χ4v) is 2.73. The largest absolute Gasteiger partial charge is 0.480 e. The van der Waals surface area contributed by atoms with Crippen molar-refractivity contribution in [1.29, 1.82) is 0 Å². The maximum atomic E-state index is 12.2. The van der Waals surface area contributed by atoms with Crippen molar-refractivity contribution in [2.24, 2.45) is 5.73 Å². The van der Waals surface area contributed by atoms with E-state index in [0.29, 0.717) is 12.1 Å². The lowest BCUT2D eigenvalue weighted by Gasteiger charge is -2.19. The molecule has 0 bridgehead atoms. The molecule has 0 saturated carbocycles. The van der Waals surface area contributed by atoms with Gasteiger partial charge in [-0.05, 0) is 47.1 Å². The molecule has 0 spiro atoms. The second kappa shape index (κ2) is 8.82. The fraction of sp³-hybridized carbons (Fsp3) is 0.364. The number of amides is 1. The van der Waals surface area contributed by atoms with Crippen LogP contribution in [0.4, 0.5) is 0 Å². The van der Waals surface area contributed by atoms with E-state index in [2.05, 4.69) is 50.4 Å². The van der Waals surface area contributed by atoms with Gasteiger partial charge in [-0.2, -0.15) is 0 Å². The Kier molecular flexibility index (Phi) is 6.75. The molecule has 5 nitrogen and oxygen atoms in total. The first kappa shape index (κ1) is 20.6. The number of hydrogen-bond acceptors (Lipinski definition) is 3. The first-order valence-corrected chi connectivity index (χ1v) is 9.12. The molecule has 0 fully saturated rings. The predicted octanol–water partition coefficient (Wildman–Crippen LogP) is 2.91. The number of nitrogens with two attached hydrogens (primary N) is 1. The van der Waals surface area contributed by atoms with Gasteiger partial charge in [-0.15, -0.1) is 0 Å². The highest BCUT2D eigenvalue weighted by molar-refractivity contribution is 5.94. The molecule has 144 valence electrons. The van der Waals surface area contributed by atoms with E-state index < -0.39 is 12.0 Å². The monoisotopic (exact) mass is 368 g/mol. The van der Waals surface area contributed by atoms with Gasteiger partial charge in [0.2, 0.25) is 0 Å². The number of carboxylic acid groups (broad SMARTS) is 1.